The predicted molar refractivity (Wildman–Crippen MR) is 120 cm³/mol. The number of pyridine rings is 1. The minimum absolute atomic E-state index is 0.0188. The van der Waals surface area contributed by atoms with Crippen LogP contribution in [-0.4, -0.2) is 56.2 Å². The first-order valence-corrected chi connectivity index (χ1v) is 11.6. The average Bonchev–Trinajstić information content (AvgIpc) is 3.30. The normalized spacial score (nSPS) is 20.4. The fourth-order valence-electron chi connectivity index (χ4n) is 5.06. The number of aromatic nitrogens is 4. The van der Waals surface area contributed by atoms with Crippen LogP contribution in [0.5, 0.6) is 0 Å². The Morgan fingerprint density at radius 2 is 1.84 bits per heavy atom. The maximum Gasteiger partial charge on any atom is 0.451 e. The maximum absolute atomic E-state index is 13.4. The van der Waals surface area contributed by atoms with Crippen LogP contribution in [0.2, 0.25) is 0 Å². The number of anilines is 1. The van der Waals surface area contributed by atoms with Crippen molar-refractivity contribution >= 4 is 22.5 Å². The van der Waals surface area contributed by atoms with E-state index in [1.54, 1.807) is 4.90 Å². The van der Waals surface area contributed by atoms with Gasteiger partial charge in [0.2, 0.25) is 11.7 Å². The highest BCUT2D eigenvalue weighted by atomic mass is 19.4. The number of carbonyl (C=O) groups is 1. The van der Waals surface area contributed by atoms with Crippen molar-refractivity contribution in [1.29, 1.82) is 5.26 Å². The van der Waals surface area contributed by atoms with Crippen molar-refractivity contribution in [3.8, 4) is 6.07 Å². The van der Waals surface area contributed by atoms with E-state index in [-0.39, 0.29) is 73.0 Å². The fraction of sp³-hybridized carbons (Fsp3) is 0.435. The third kappa shape index (κ3) is 4.49. The molecule has 1 fully saturated rings. The summed E-state index contributed by atoms with van der Waals surface area (Å²) < 4.78 is 80.4. The first-order valence-electron chi connectivity index (χ1n) is 11.6. The molecular formula is C23H20F6N8O. The van der Waals surface area contributed by atoms with E-state index in [0.717, 1.165) is 16.7 Å². The summed E-state index contributed by atoms with van der Waals surface area (Å²) in [7, 11) is 0. The molecule has 200 valence electrons. The molecule has 3 aromatic rings. The molecule has 1 saturated heterocycles. The number of piperidine rings is 1. The Labute approximate surface area is 211 Å². The lowest BCUT2D eigenvalue weighted by molar-refractivity contribution is -0.148. The molecule has 15 heteroatoms. The molecule has 1 amide bonds. The Bertz CT molecular complexity index is 1440. The minimum atomic E-state index is -4.66. The van der Waals surface area contributed by atoms with Gasteiger partial charge in [-0.05, 0) is 24.6 Å². The minimum Gasteiger partial charge on any atom is -0.368 e. The number of fused-ring (bicyclic) bond motifs is 2. The molecule has 0 bridgehead atoms. The molecule has 5 rings (SSSR count). The number of carbonyl (C=O) groups excluding carboxylic acids is 1. The van der Waals surface area contributed by atoms with Gasteiger partial charge in [-0.25, -0.2) is 0 Å². The smallest absolute Gasteiger partial charge is 0.368 e. The Hall–Kier alpha value is -3.93. The number of hydrogen-bond acceptors (Lipinski definition) is 7. The second-order valence-corrected chi connectivity index (χ2v) is 9.22. The van der Waals surface area contributed by atoms with Gasteiger partial charge in [-0.3, -0.25) is 9.78 Å². The van der Waals surface area contributed by atoms with Crippen molar-refractivity contribution in [2.75, 3.05) is 24.5 Å². The van der Waals surface area contributed by atoms with Gasteiger partial charge in [0.1, 0.15) is 6.07 Å². The van der Waals surface area contributed by atoms with Gasteiger partial charge in [-0.15, -0.1) is 10.2 Å². The first-order chi connectivity index (χ1) is 17.9. The van der Waals surface area contributed by atoms with E-state index in [9.17, 15) is 36.4 Å². The Morgan fingerprint density at radius 1 is 1.08 bits per heavy atom. The quantitative estimate of drug-likeness (QED) is 0.499. The summed E-state index contributed by atoms with van der Waals surface area (Å²) in [5.41, 5.74) is 6.08. The zero-order valence-corrected chi connectivity index (χ0v) is 19.6. The predicted octanol–water partition coefficient (Wildman–Crippen LogP) is 2.93. The van der Waals surface area contributed by atoms with Crippen LogP contribution >= 0.6 is 0 Å². The van der Waals surface area contributed by atoms with Crippen LogP contribution in [0.25, 0.3) is 10.9 Å². The lowest BCUT2D eigenvalue weighted by Gasteiger charge is -2.40. The van der Waals surface area contributed by atoms with E-state index in [0.29, 0.717) is 0 Å². The second-order valence-electron chi connectivity index (χ2n) is 9.22. The molecule has 2 atom stereocenters. The number of nitriles is 1. The van der Waals surface area contributed by atoms with Gasteiger partial charge in [-0.1, -0.05) is 0 Å². The van der Waals surface area contributed by atoms with Crippen LogP contribution in [0.4, 0.5) is 32.0 Å². The molecule has 4 heterocycles. The number of nitrogens with zero attached hydrogens (tertiary/aromatic N) is 7. The standard InChI is InChI=1S/C23H20F6N8O/c24-22(25,26)13-1-2-17-15(7-13)19(12(8-30)9-32-17)35-4-3-14(16(31)10-35)20(38)36-5-6-37-18(11-36)33-34-21(37)23(27,28)29/h1-2,7,9,14,16H,3-6,10-11,31H2/t14-,16+/m1/s1. The summed E-state index contributed by atoms with van der Waals surface area (Å²) in [6.45, 7) is 0.0441. The van der Waals surface area contributed by atoms with Gasteiger partial charge >= 0.3 is 12.4 Å². The zero-order chi connectivity index (χ0) is 27.4. The zero-order valence-electron chi connectivity index (χ0n) is 19.6. The van der Waals surface area contributed by atoms with E-state index >= 15 is 0 Å². The van der Waals surface area contributed by atoms with Crippen molar-refractivity contribution in [3.63, 3.8) is 0 Å². The Kier molecular flexibility index (Phi) is 6.17. The topological polar surface area (TPSA) is 117 Å². The lowest BCUT2D eigenvalue weighted by Crippen LogP contribution is -2.55. The summed E-state index contributed by atoms with van der Waals surface area (Å²) in [4.78, 5) is 20.4. The molecular weight excluding hydrogens is 518 g/mol. The van der Waals surface area contributed by atoms with E-state index in [1.807, 2.05) is 6.07 Å². The Balaban J connectivity index is 1.37. The summed E-state index contributed by atoms with van der Waals surface area (Å²) in [6, 6.07) is 4.32. The highest BCUT2D eigenvalue weighted by Crippen LogP contribution is 2.37. The second kappa shape index (κ2) is 9.12. The number of amides is 1. The number of rotatable bonds is 2. The summed E-state index contributed by atoms with van der Waals surface area (Å²) in [6.07, 6.45) is -7.74. The average molecular weight is 538 g/mol. The Morgan fingerprint density at radius 3 is 2.50 bits per heavy atom. The highest BCUT2D eigenvalue weighted by molar-refractivity contribution is 5.95. The van der Waals surface area contributed by atoms with Gasteiger partial charge < -0.3 is 20.1 Å². The number of nitrogens with two attached hydrogens (primary N) is 1. The summed E-state index contributed by atoms with van der Waals surface area (Å²) >= 11 is 0. The largest absolute Gasteiger partial charge is 0.451 e. The van der Waals surface area contributed by atoms with Gasteiger partial charge in [0.25, 0.3) is 0 Å². The fourth-order valence-corrected chi connectivity index (χ4v) is 5.06. The molecule has 38 heavy (non-hydrogen) atoms. The van der Waals surface area contributed by atoms with E-state index < -0.39 is 35.7 Å². The molecule has 1 aromatic carbocycles. The van der Waals surface area contributed by atoms with Gasteiger partial charge in [0.05, 0.1) is 34.8 Å². The van der Waals surface area contributed by atoms with Gasteiger partial charge in [0.15, 0.2) is 5.82 Å². The number of alkyl halides is 6. The molecule has 0 saturated carbocycles. The van der Waals surface area contributed by atoms with E-state index in [2.05, 4.69) is 15.2 Å². The summed E-state index contributed by atoms with van der Waals surface area (Å²) in [5, 5.41) is 16.6. The van der Waals surface area contributed by atoms with Crippen molar-refractivity contribution in [3.05, 3.63) is 47.2 Å². The van der Waals surface area contributed by atoms with E-state index in [1.165, 1.54) is 17.2 Å². The molecule has 0 radical (unpaired) electrons. The number of benzene rings is 1. The molecule has 0 aliphatic carbocycles. The van der Waals surface area contributed by atoms with E-state index in [4.69, 9.17) is 5.73 Å². The van der Waals surface area contributed by atoms with Gasteiger partial charge in [-0.2, -0.15) is 31.6 Å². The van der Waals surface area contributed by atoms with Gasteiger partial charge in [0, 0.05) is 43.8 Å². The molecule has 0 unspecified atom stereocenters. The molecule has 0 spiro atoms. The van der Waals surface area contributed by atoms with Crippen molar-refractivity contribution in [2.45, 2.75) is 37.9 Å². The molecule has 2 aromatic heterocycles. The summed E-state index contributed by atoms with van der Waals surface area (Å²) in [5.74, 6) is -2.12. The molecule has 9 nitrogen and oxygen atoms in total. The van der Waals surface area contributed by atoms with Crippen LogP contribution in [-0.2, 0) is 30.2 Å². The van der Waals surface area contributed by atoms with Crippen LogP contribution in [0, 0.1) is 17.2 Å². The monoisotopic (exact) mass is 538 g/mol. The first kappa shape index (κ1) is 25.7. The molecule has 2 aliphatic heterocycles. The molecule has 2 aliphatic rings. The van der Waals surface area contributed by atoms with Crippen LogP contribution in [0.15, 0.2) is 24.4 Å². The highest BCUT2D eigenvalue weighted by Gasteiger charge is 2.42. The SMILES string of the molecule is N#Cc1cnc2ccc(C(F)(F)F)cc2c1N1CC[C@@H](C(=O)N2CCn3c(nnc3C(F)(F)F)C2)[C@@H](N)C1. The van der Waals surface area contributed by atoms with Crippen molar-refractivity contribution in [2.24, 2.45) is 11.7 Å². The van der Waals surface area contributed by atoms with Crippen LogP contribution < -0.4 is 10.6 Å². The third-order valence-corrected chi connectivity index (χ3v) is 6.90. The van der Waals surface area contributed by atoms with Crippen LogP contribution in [0.1, 0.15) is 29.2 Å². The third-order valence-electron chi connectivity index (χ3n) is 6.90. The maximum atomic E-state index is 13.4. The molecule has 2 N–H and O–H groups in total. The van der Waals surface area contributed by atoms with Crippen molar-refractivity contribution in [1.82, 2.24) is 24.6 Å². The number of halogens is 6. The van der Waals surface area contributed by atoms with Crippen molar-refractivity contribution < 1.29 is 31.1 Å². The lowest BCUT2D eigenvalue weighted by atomic mass is 9.89. The number of hydrogen-bond donors (Lipinski definition) is 1. The van der Waals surface area contributed by atoms with Crippen LogP contribution in [0.3, 0.4) is 0 Å².